The fourth-order valence-electron chi connectivity index (χ4n) is 3.39. The Morgan fingerprint density at radius 3 is 1.91 bits per heavy atom. The first kappa shape index (κ1) is 24.0. The molecule has 0 N–H and O–H groups in total. The van der Waals surface area contributed by atoms with Gasteiger partial charge in [0.2, 0.25) is 0 Å². The third-order valence-corrected chi connectivity index (χ3v) is 5.25. The molecule has 0 fully saturated rings. The zero-order chi connectivity index (χ0) is 24.9. The lowest BCUT2D eigenvalue weighted by atomic mass is 10.1. The quantitative estimate of drug-likeness (QED) is 0.186. The third-order valence-electron chi connectivity index (χ3n) is 5.25. The summed E-state index contributed by atoms with van der Waals surface area (Å²) in [6.45, 7) is 0.483. The Hall–Kier alpha value is -4.13. The Balaban J connectivity index is 1.54. The second-order valence-electron chi connectivity index (χ2n) is 7.67. The highest BCUT2D eigenvalue weighted by Crippen LogP contribution is 2.24. The maximum Gasteiger partial charge on any atom is 0.195 e. The minimum atomic E-state index is -1.54. The van der Waals surface area contributed by atoms with Crippen LogP contribution in [0.1, 0.15) is 27.8 Å². The van der Waals surface area contributed by atoms with Crippen LogP contribution in [0.25, 0.3) is 10.8 Å². The molecule has 1 nitrogen and oxygen atoms in total. The van der Waals surface area contributed by atoms with E-state index in [9.17, 15) is 22.0 Å². The summed E-state index contributed by atoms with van der Waals surface area (Å²) in [7, 11) is 1.57. The van der Waals surface area contributed by atoms with Gasteiger partial charge in [-0.25, -0.2) is 22.0 Å². The minimum Gasteiger partial charge on any atom is -0.384 e. The maximum absolute atomic E-state index is 14.5. The monoisotopic (exact) mass is 476 g/mol. The van der Waals surface area contributed by atoms with E-state index in [0.29, 0.717) is 24.2 Å². The van der Waals surface area contributed by atoms with Gasteiger partial charge in [0.05, 0.1) is 17.7 Å². The SMILES string of the molecule is COCCc1ccc(C#Cc2ccc(C#Cc3ccc4c(F)c(F)c(F)cc4c3)c(F)c2)c(F)c1. The first-order chi connectivity index (χ1) is 16.9. The van der Waals surface area contributed by atoms with Gasteiger partial charge in [-0.1, -0.05) is 35.8 Å². The average molecular weight is 476 g/mol. The highest BCUT2D eigenvalue weighted by atomic mass is 19.2. The van der Waals surface area contributed by atoms with Crippen molar-refractivity contribution in [3.63, 3.8) is 0 Å². The van der Waals surface area contributed by atoms with Crippen molar-refractivity contribution < 1.29 is 26.7 Å². The smallest absolute Gasteiger partial charge is 0.195 e. The number of hydrogen-bond donors (Lipinski definition) is 0. The second-order valence-corrected chi connectivity index (χ2v) is 7.67. The van der Waals surface area contributed by atoms with Crippen LogP contribution < -0.4 is 0 Å². The van der Waals surface area contributed by atoms with E-state index >= 15 is 0 Å². The standard InChI is InChI=1S/C29H17F5O/c1-35-13-12-20-5-10-22(26(31)16-20)9-4-19-3-8-21(25(30)15-19)7-2-18-6-11-24-23(14-18)17-27(32)29(34)28(24)33/h3,5-6,8,10-11,14-17H,12-13H2,1H3. The number of hydrogen-bond acceptors (Lipinski definition) is 1. The molecule has 0 radical (unpaired) electrons. The van der Waals surface area contributed by atoms with Gasteiger partial charge >= 0.3 is 0 Å². The van der Waals surface area contributed by atoms with Crippen LogP contribution in [0, 0.1) is 52.8 Å². The molecule has 0 spiro atoms. The molecule has 0 atom stereocenters. The number of halogens is 5. The summed E-state index contributed by atoms with van der Waals surface area (Å²) in [6.07, 6.45) is 0.584. The van der Waals surface area contributed by atoms with E-state index in [-0.39, 0.29) is 21.9 Å². The fraction of sp³-hybridized carbons (Fsp3) is 0.103. The molecule has 0 aliphatic heterocycles. The molecule has 0 saturated carbocycles. The van der Waals surface area contributed by atoms with Crippen molar-refractivity contribution in [1.29, 1.82) is 0 Å². The van der Waals surface area contributed by atoms with Crippen molar-refractivity contribution in [3.05, 3.63) is 118 Å². The van der Waals surface area contributed by atoms with Gasteiger partial charge in [-0.2, -0.15) is 0 Å². The Kier molecular flexibility index (Phi) is 7.15. The summed E-state index contributed by atoms with van der Waals surface area (Å²) in [4.78, 5) is 0. The molecule has 0 aliphatic carbocycles. The van der Waals surface area contributed by atoms with Gasteiger partial charge in [-0.3, -0.25) is 0 Å². The molecule has 6 heteroatoms. The van der Waals surface area contributed by atoms with Gasteiger partial charge in [-0.05, 0) is 65.9 Å². The second kappa shape index (κ2) is 10.4. The van der Waals surface area contributed by atoms with Crippen molar-refractivity contribution >= 4 is 10.8 Å². The van der Waals surface area contributed by atoms with E-state index in [1.807, 2.05) is 0 Å². The van der Waals surface area contributed by atoms with Crippen LogP contribution in [0.5, 0.6) is 0 Å². The molecule has 0 saturated heterocycles. The van der Waals surface area contributed by atoms with E-state index in [1.165, 1.54) is 36.4 Å². The van der Waals surface area contributed by atoms with E-state index in [0.717, 1.165) is 11.6 Å². The fourth-order valence-corrected chi connectivity index (χ4v) is 3.39. The van der Waals surface area contributed by atoms with Crippen LogP contribution in [0.15, 0.2) is 60.7 Å². The minimum absolute atomic E-state index is 0.0791. The Morgan fingerprint density at radius 1 is 0.629 bits per heavy atom. The molecule has 35 heavy (non-hydrogen) atoms. The normalized spacial score (nSPS) is 10.5. The molecule has 174 valence electrons. The predicted molar refractivity (Wildman–Crippen MR) is 124 cm³/mol. The zero-order valence-electron chi connectivity index (χ0n) is 18.5. The first-order valence-corrected chi connectivity index (χ1v) is 10.5. The third kappa shape index (κ3) is 5.51. The van der Waals surface area contributed by atoms with Gasteiger partial charge in [0, 0.05) is 23.6 Å². The number of fused-ring (bicyclic) bond motifs is 1. The van der Waals surface area contributed by atoms with E-state index in [2.05, 4.69) is 23.7 Å². The lowest BCUT2D eigenvalue weighted by molar-refractivity contribution is 0.202. The number of benzene rings is 4. The van der Waals surface area contributed by atoms with Gasteiger partial charge in [-0.15, -0.1) is 0 Å². The molecule has 0 aromatic heterocycles. The van der Waals surface area contributed by atoms with Crippen LogP contribution in [0.4, 0.5) is 22.0 Å². The van der Waals surface area contributed by atoms with Crippen molar-refractivity contribution in [2.24, 2.45) is 0 Å². The molecule has 4 aromatic carbocycles. The molecular weight excluding hydrogens is 459 g/mol. The number of ether oxygens (including phenoxy) is 1. The van der Waals surface area contributed by atoms with Crippen LogP contribution in [-0.4, -0.2) is 13.7 Å². The van der Waals surface area contributed by atoms with E-state index in [1.54, 1.807) is 25.3 Å². The van der Waals surface area contributed by atoms with Crippen LogP contribution in [-0.2, 0) is 11.2 Å². The highest BCUT2D eigenvalue weighted by Gasteiger charge is 2.13. The molecule has 4 rings (SSSR count). The lowest BCUT2D eigenvalue weighted by Gasteiger charge is -2.03. The Bertz CT molecular complexity index is 1550. The Morgan fingerprint density at radius 2 is 1.26 bits per heavy atom. The van der Waals surface area contributed by atoms with Crippen molar-refractivity contribution in [1.82, 2.24) is 0 Å². The summed E-state index contributed by atoms with van der Waals surface area (Å²) >= 11 is 0. The van der Waals surface area contributed by atoms with Crippen LogP contribution >= 0.6 is 0 Å². The van der Waals surface area contributed by atoms with E-state index in [4.69, 9.17) is 4.74 Å². The molecule has 0 unspecified atom stereocenters. The first-order valence-electron chi connectivity index (χ1n) is 10.5. The van der Waals surface area contributed by atoms with Crippen molar-refractivity contribution in [3.8, 4) is 23.7 Å². The summed E-state index contributed by atoms with van der Waals surface area (Å²) in [6, 6.07) is 13.9. The van der Waals surface area contributed by atoms with Crippen molar-refractivity contribution in [2.75, 3.05) is 13.7 Å². The molecular formula is C29H17F5O. The van der Waals surface area contributed by atoms with E-state index < -0.39 is 29.1 Å². The van der Waals surface area contributed by atoms with Crippen LogP contribution in [0.2, 0.25) is 0 Å². The van der Waals surface area contributed by atoms with Gasteiger partial charge in [0.15, 0.2) is 17.5 Å². The van der Waals surface area contributed by atoms with Crippen LogP contribution in [0.3, 0.4) is 0 Å². The molecule has 0 aliphatic rings. The number of rotatable bonds is 3. The van der Waals surface area contributed by atoms with Gasteiger partial charge in [0.25, 0.3) is 0 Å². The molecule has 4 aromatic rings. The molecule has 0 heterocycles. The summed E-state index contributed by atoms with van der Waals surface area (Å²) in [5.41, 5.74) is 1.78. The largest absolute Gasteiger partial charge is 0.384 e. The Labute approximate surface area is 199 Å². The molecule has 0 amide bonds. The maximum atomic E-state index is 14.5. The average Bonchev–Trinajstić information content (AvgIpc) is 2.85. The van der Waals surface area contributed by atoms with Crippen molar-refractivity contribution in [2.45, 2.75) is 6.42 Å². The topological polar surface area (TPSA) is 9.23 Å². The summed E-state index contributed by atoms with van der Waals surface area (Å²) in [5, 5.41) is 0.0582. The zero-order valence-corrected chi connectivity index (χ0v) is 18.5. The molecule has 0 bridgehead atoms. The lowest BCUT2D eigenvalue weighted by Crippen LogP contribution is -1.96. The number of methoxy groups -OCH3 is 1. The summed E-state index contributed by atoms with van der Waals surface area (Å²) in [5.74, 6) is 5.62. The van der Waals surface area contributed by atoms with Gasteiger partial charge in [0.1, 0.15) is 11.6 Å². The summed E-state index contributed by atoms with van der Waals surface area (Å²) < 4.78 is 74.5. The highest BCUT2D eigenvalue weighted by molar-refractivity contribution is 5.84. The van der Waals surface area contributed by atoms with Gasteiger partial charge < -0.3 is 4.74 Å². The predicted octanol–water partition coefficient (Wildman–Crippen LogP) is 6.52.